The van der Waals surface area contributed by atoms with E-state index in [9.17, 15) is 9.00 Å². The van der Waals surface area contributed by atoms with E-state index in [1.165, 1.54) is 18.4 Å². The van der Waals surface area contributed by atoms with E-state index in [4.69, 9.17) is 9.47 Å². The van der Waals surface area contributed by atoms with E-state index in [2.05, 4.69) is 20.0 Å². The van der Waals surface area contributed by atoms with Gasteiger partial charge in [0, 0.05) is 37.1 Å². The van der Waals surface area contributed by atoms with Crippen LogP contribution in [0.5, 0.6) is 5.88 Å². The Labute approximate surface area is 205 Å². The third kappa shape index (κ3) is 5.99. The normalized spacial score (nSPS) is 15.0. The molecule has 3 aromatic rings. The van der Waals surface area contributed by atoms with Crippen molar-refractivity contribution < 1.29 is 18.5 Å². The molecule has 1 aromatic carbocycles. The molecule has 1 fully saturated rings. The van der Waals surface area contributed by atoms with Crippen LogP contribution in [0.4, 0.5) is 10.8 Å². The number of benzene rings is 1. The van der Waals surface area contributed by atoms with Gasteiger partial charge in [0.05, 0.1) is 17.7 Å². The molecule has 4 rings (SSSR count). The van der Waals surface area contributed by atoms with Crippen LogP contribution in [0.3, 0.4) is 0 Å². The van der Waals surface area contributed by atoms with Gasteiger partial charge in [0.2, 0.25) is 11.8 Å². The monoisotopic (exact) mass is 500 g/mol. The Morgan fingerprint density at radius 1 is 1.26 bits per heavy atom. The Morgan fingerprint density at radius 2 is 2.06 bits per heavy atom. The highest BCUT2D eigenvalue weighted by Gasteiger charge is 2.20. The Balaban J connectivity index is 1.52. The lowest BCUT2D eigenvalue weighted by Gasteiger charge is -2.20. The summed E-state index contributed by atoms with van der Waals surface area (Å²) in [5.41, 5.74) is 3.33. The molecule has 0 aliphatic carbocycles. The number of ether oxygens (including phenoxy) is 2. The first-order chi connectivity index (χ1) is 16.4. The minimum atomic E-state index is -1.58. The van der Waals surface area contributed by atoms with Crippen LogP contribution in [0.25, 0.3) is 10.4 Å². The molecule has 34 heavy (non-hydrogen) atoms. The maximum atomic E-state index is 13.1. The maximum absolute atomic E-state index is 13.1. The fraction of sp³-hybridized carbons (Fsp3) is 0.375. The molecule has 0 radical (unpaired) electrons. The van der Waals surface area contributed by atoms with Gasteiger partial charge in [-0.3, -0.25) is 4.79 Å². The van der Waals surface area contributed by atoms with E-state index in [1.54, 1.807) is 12.3 Å². The molecule has 180 valence electrons. The van der Waals surface area contributed by atoms with Crippen LogP contribution in [0.15, 0.2) is 41.4 Å². The van der Waals surface area contributed by atoms with Crippen molar-refractivity contribution in [3.05, 3.63) is 47.8 Å². The molecule has 1 saturated heterocycles. The van der Waals surface area contributed by atoms with Crippen molar-refractivity contribution in [3.63, 3.8) is 0 Å². The number of nitrogens with one attached hydrogen (secondary N) is 2. The van der Waals surface area contributed by atoms with Gasteiger partial charge in [-0.2, -0.15) is 0 Å². The van der Waals surface area contributed by atoms with Crippen molar-refractivity contribution in [1.29, 1.82) is 0 Å². The molecule has 3 heterocycles. The van der Waals surface area contributed by atoms with E-state index >= 15 is 0 Å². The van der Waals surface area contributed by atoms with E-state index in [0.717, 1.165) is 40.2 Å². The number of anilines is 2. The summed E-state index contributed by atoms with van der Waals surface area (Å²) in [4.78, 5) is 22.7. The fourth-order valence-corrected chi connectivity index (χ4v) is 5.76. The average molecular weight is 501 g/mol. The highest BCUT2D eigenvalue weighted by molar-refractivity contribution is 7.86. The van der Waals surface area contributed by atoms with Gasteiger partial charge in [0.25, 0.3) is 0 Å². The van der Waals surface area contributed by atoms with E-state index < -0.39 is 11.0 Å². The molecular formula is C24H28N4O4S2. The smallest absolute Gasteiger partial charge is 0.231 e. The number of carbonyl (C=O) groups is 1. The molecule has 1 atom stereocenters. The van der Waals surface area contributed by atoms with Gasteiger partial charge in [-0.1, -0.05) is 23.5 Å². The summed E-state index contributed by atoms with van der Waals surface area (Å²) in [6, 6.07) is 9.45. The lowest BCUT2D eigenvalue weighted by Crippen LogP contribution is -2.22. The second-order valence-electron chi connectivity index (χ2n) is 8.21. The predicted octanol–water partition coefficient (Wildman–Crippen LogP) is 4.72. The topological polar surface area (TPSA) is 102 Å². The minimum Gasteiger partial charge on any atom is -0.480 e. The third-order valence-corrected chi connectivity index (χ3v) is 7.80. The Morgan fingerprint density at radius 3 is 2.79 bits per heavy atom. The number of pyridine rings is 1. The fourth-order valence-electron chi connectivity index (χ4n) is 3.81. The number of amides is 1. The van der Waals surface area contributed by atoms with Gasteiger partial charge in [0.15, 0.2) is 16.1 Å². The van der Waals surface area contributed by atoms with Crippen molar-refractivity contribution in [2.75, 3.05) is 30.4 Å². The molecule has 1 unspecified atom stereocenters. The summed E-state index contributed by atoms with van der Waals surface area (Å²) >= 11 is 1.37. The molecule has 0 bridgehead atoms. The molecule has 0 spiro atoms. The van der Waals surface area contributed by atoms with Crippen LogP contribution in [-0.2, 0) is 20.5 Å². The summed E-state index contributed by atoms with van der Waals surface area (Å²) < 4.78 is 26.8. The highest BCUT2D eigenvalue weighted by atomic mass is 32.2. The van der Waals surface area contributed by atoms with E-state index in [1.807, 2.05) is 38.1 Å². The summed E-state index contributed by atoms with van der Waals surface area (Å²) in [5, 5.41) is 3.47. The summed E-state index contributed by atoms with van der Waals surface area (Å²) in [6.45, 7) is 5.28. The molecule has 2 aromatic heterocycles. The van der Waals surface area contributed by atoms with Gasteiger partial charge < -0.3 is 19.5 Å². The van der Waals surface area contributed by atoms with Crippen molar-refractivity contribution in [3.8, 4) is 16.3 Å². The third-order valence-electron chi connectivity index (χ3n) is 5.56. The lowest BCUT2D eigenvalue weighted by molar-refractivity contribution is -0.117. The number of hydrogen-bond acceptors (Lipinski definition) is 7. The van der Waals surface area contributed by atoms with Crippen molar-refractivity contribution in [1.82, 2.24) is 9.97 Å². The van der Waals surface area contributed by atoms with Crippen LogP contribution < -0.4 is 14.8 Å². The number of carbonyl (C=O) groups excluding carboxylic acids is 1. The first-order valence-electron chi connectivity index (χ1n) is 11.1. The predicted molar refractivity (Wildman–Crippen MR) is 135 cm³/mol. The van der Waals surface area contributed by atoms with Crippen molar-refractivity contribution in [2.24, 2.45) is 5.92 Å². The molecule has 1 aliphatic rings. The molecule has 2 N–H and O–H groups in total. The number of aryl methyl sites for hydroxylation is 2. The first-order valence-corrected chi connectivity index (χ1v) is 13.0. The average Bonchev–Trinajstić information content (AvgIpc) is 3.18. The zero-order chi connectivity index (χ0) is 24.1. The zero-order valence-electron chi connectivity index (χ0n) is 19.4. The second kappa shape index (κ2) is 11.1. The molecule has 8 nitrogen and oxygen atoms in total. The number of aromatic nitrogens is 2. The SMILES string of the molecule is COc1ncc(-c2sc(NC(=O)CC3CCOCC3)nc2C)cc1S(=O)Nc1cccc(C)c1. The van der Waals surface area contributed by atoms with Crippen LogP contribution in [-0.4, -0.2) is 40.4 Å². The van der Waals surface area contributed by atoms with Gasteiger partial charge in [0.1, 0.15) is 4.90 Å². The molecular weight excluding hydrogens is 472 g/mol. The standard InChI is InChI=1S/C24H28N4O4S2/c1-15-5-4-6-19(11-15)28-34(30)20-13-18(14-25-23(20)31-3)22-16(2)26-24(33-22)27-21(29)12-17-7-9-32-10-8-17/h4-6,11,13-14,17,28H,7-10,12H2,1-3H3,(H,26,27,29). The van der Waals surface area contributed by atoms with Crippen molar-refractivity contribution >= 4 is 39.0 Å². The van der Waals surface area contributed by atoms with Crippen LogP contribution in [0, 0.1) is 19.8 Å². The first kappa shape index (κ1) is 24.3. The van der Waals surface area contributed by atoms with Gasteiger partial charge in [-0.05, 0) is 56.4 Å². The number of rotatable bonds is 8. The number of thiazole rings is 1. The quantitative estimate of drug-likeness (QED) is 0.464. The molecule has 0 saturated carbocycles. The van der Waals surface area contributed by atoms with Crippen LogP contribution >= 0.6 is 11.3 Å². The number of nitrogens with zero attached hydrogens (tertiary/aromatic N) is 2. The minimum absolute atomic E-state index is 0.0378. The van der Waals surface area contributed by atoms with Crippen LogP contribution in [0.2, 0.25) is 0 Å². The van der Waals surface area contributed by atoms with E-state index in [0.29, 0.717) is 35.6 Å². The zero-order valence-corrected chi connectivity index (χ0v) is 21.1. The van der Waals surface area contributed by atoms with Crippen molar-refractivity contribution in [2.45, 2.75) is 38.0 Å². The highest BCUT2D eigenvalue weighted by Crippen LogP contribution is 2.35. The lowest BCUT2D eigenvalue weighted by atomic mass is 9.96. The summed E-state index contributed by atoms with van der Waals surface area (Å²) in [7, 11) is -0.0854. The van der Waals surface area contributed by atoms with E-state index in [-0.39, 0.29) is 11.8 Å². The van der Waals surface area contributed by atoms with Gasteiger partial charge >= 0.3 is 0 Å². The second-order valence-corrected chi connectivity index (χ2v) is 10.4. The Hall–Kier alpha value is -2.82. The summed E-state index contributed by atoms with van der Waals surface area (Å²) in [6.07, 6.45) is 3.95. The van der Waals surface area contributed by atoms with Gasteiger partial charge in [-0.25, -0.2) is 14.2 Å². The van der Waals surface area contributed by atoms with Crippen LogP contribution in [0.1, 0.15) is 30.5 Å². The van der Waals surface area contributed by atoms with Gasteiger partial charge in [-0.15, -0.1) is 0 Å². The number of hydrogen-bond donors (Lipinski definition) is 2. The summed E-state index contributed by atoms with van der Waals surface area (Å²) in [5.74, 6) is 0.595. The maximum Gasteiger partial charge on any atom is 0.231 e. The molecule has 1 amide bonds. The number of methoxy groups -OCH3 is 1. The molecule has 10 heteroatoms. The Kier molecular flexibility index (Phi) is 7.91. The Bertz CT molecular complexity index is 1190. The molecule has 1 aliphatic heterocycles. The largest absolute Gasteiger partial charge is 0.480 e.